The lowest BCUT2D eigenvalue weighted by atomic mass is 10.0. The van der Waals surface area contributed by atoms with Crippen LogP contribution in [0, 0.1) is 5.21 Å². The molecule has 0 spiro atoms. The number of carboxylic acids is 2. The highest BCUT2D eigenvalue weighted by atomic mass is 35.5. The second kappa shape index (κ2) is 13.2. The fourth-order valence-corrected chi connectivity index (χ4v) is 7.54. The van der Waals surface area contributed by atoms with Crippen molar-refractivity contribution in [2.24, 2.45) is 5.16 Å². The highest BCUT2D eigenvalue weighted by Gasteiger charge is 2.54. The lowest BCUT2D eigenvalue weighted by Crippen LogP contribution is -2.70. The summed E-state index contributed by atoms with van der Waals surface area (Å²) in [5.41, 5.74) is -0.0598. The van der Waals surface area contributed by atoms with Crippen molar-refractivity contribution in [1.82, 2.24) is 10.2 Å². The summed E-state index contributed by atoms with van der Waals surface area (Å²) in [4.78, 5) is 51.1. The molecule has 2 aliphatic heterocycles. The Morgan fingerprint density at radius 2 is 1.90 bits per heavy atom. The second-order valence-corrected chi connectivity index (χ2v) is 12.4. The summed E-state index contributed by atoms with van der Waals surface area (Å²) in [5.74, 6) is -2.85. The maximum Gasteiger partial charge on any atom is 0.356 e. The van der Waals surface area contributed by atoms with Gasteiger partial charge in [0, 0.05) is 38.5 Å². The lowest BCUT2D eigenvalue weighted by molar-refractivity contribution is -0.682. The molecule has 40 heavy (non-hydrogen) atoms. The Morgan fingerprint density at radius 1 is 1.18 bits per heavy atom. The van der Waals surface area contributed by atoms with Gasteiger partial charge >= 0.3 is 11.9 Å². The Kier molecular flexibility index (Phi) is 9.90. The molecule has 1 aromatic carbocycles. The number of benzene rings is 1. The van der Waals surface area contributed by atoms with Gasteiger partial charge in [-0.15, -0.1) is 35.3 Å². The van der Waals surface area contributed by atoms with Gasteiger partial charge in [-0.05, 0) is 23.8 Å². The molecule has 1 saturated heterocycles. The van der Waals surface area contributed by atoms with Crippen molar-refractivity contribution in [3.8, 4) is 0 Å². The quantitative estimate of drug-likeness (QED) is 0.109. The van der Waals surface area contributed by atoms with Crippen molar-refractivity contribution in [3.63, 3.8) is 0 Å². The third kappa shape index (κ3) is 6.86. The van der Waals surface area contributed by atoms with E-state index in [0.29, 0.717) is 32.0 Å². The number of fused-ring (bicyclic) bond motifs is 1. The molecule has 0 aliphatic carbocycles. The number of thioether (sulfide) groups is 3. The Balaban J connectivity index is 1.36. The van der Waals surface area contributed by atoms with Gasteiger partial charge in [0.2, 0.25) is 5.91 Å². The van der Waals surface area contributed by atoms with Crippen molar-refractivity contribution in [1.29, 1.82) is 0 Å². The molecular formula is C24H20Cl2N4O7S3. The summed E-state index contributed by atoms with van der Waals surface area (Å²) in [7, 11) is 0. The minimum absolute atomic E-state index is 0.00311. The van der Waals surface area contributed by atoms with Crippen LogP contribution in [0.5, 0.6) is 0 Å². The summed E-state index contributed by atoms with van der Waals surface area (Å²) >= 11 is 16.0. The monoisotopic (exact) mass is 642 g/mol. The van der Waals surface area contributed by atoms with E-state index in [1.165, 1.54) is 44.8 Å². The zero-order valence-electron chi connectivity index (χ0n) is 20.3. The van der Waals surface area contributed by atoms with Gasteiger partial charge in [-0.1, -0.05) is 23.2 Å². The zero-order valence-corrected chi connectivity index (χ0v) is 24.2. The number of carbonyl (C=O) groups is 4. The van der Waals surface area contributed by atoms with E-state index in [1.807, 2.05) is 0 Å². The first kappa shape index (κ1) is 30.1. The Morgan fingerprint density at radius 3 is 2.55 bits per heavy atom. The summed E-state index contributed by atoms with van der Waals surface area (Å²) in [6, 6.07) is 7.47. The van der Waals surface area contributed by atoms with Crippen LogP contribution in [0.2, 0.25) is 10.0 Å². The highest BCUT2D eigenvalue weighted by molar-refractivity contribution is 8.01. The lowest BCUT2D eigenvalue weighted by Gasteiger charge is -2.49. The number of aromatic nitrogens is 1. The number of β-lactam (4-membered cyclic amide) rings is 1. The second-order valence-electron chi connectivity index (χ2n) is 8.41. The van der Waals surface area contributed by atoms with Crippen LogP contribution in [-0.4, -0.2) is 73.3 Å². The molecule has 2 aromatic rings. The van der Waals surface area contributed by atoms with E-state index >= 15 is 0 Å². The first-order valence-electron chi connectivity index (χ1n) is 11.4. The molecule has 2 amide bonds. The number of carbonyl (C=O) groups excluding carboxylic acids is 2. The molecule has 0 saturated carbocycles. The van der Waals surface area contributed by atoms with Crippen LogP contribution < -0.4 is 9.88 Å². The SMILES string of the molecule is O=C(CSc1cc(Cl)ccc1Cl)N[C@@H]1C(=O)N2C(C(=O)O)=C(CSc3cc[n+](CC(=N[O-])C(=O)O)cc3)CS[C@H]12. The maximum atomic E-state index is 12.9. The summed E-state index contributed by atoms with van der Waals surface area (Å²) in [5, 5.41) is 35.1. The topological polar surface area (TPSA) is 163 Å². The van der Waals surface area contributed by atoms with Crippen molar-refractivity contribution >= 4 is 88.0 Å². The van der Waals surface area contributed by atoms with E-state index in [0.717, 1.165) is 4.90 Å². The van der Waals surface area contributed by atoms with Gasteiger partial charge in [-0.2, -0.15) is 4.57 Å². The van der Waals surface area contributed by atoms with Crippen molar-refractivity contribution in [3.05, 3.63) is 69.2 Å². The van der Waals surface area contributed by atoms with Crippen LogP contribution in [0.3, 0.4) is 0 Å². The number of halogens is 2. The fourth-order valence-electron chi connectivity index (χ4n) is 3.86. The van der Waals surface area contributed by atoms with Crippen LogP contribution >= 0.6 is 58.5 Å². The third-order valence-corrected chi connectivity index (χ3v) is 9.95. The number of hydrogen-bond donors (Lipinski definition) is 3. The fraction of sp³-hybridized carbons (Fsp3) is 0.250. The summed E-state index contributed by atoms with van der Waals surface area (Å²) < 4.78 is 1.48. The van der Waals surface area contributed by atoms with Crippen molar-refractivity contribution < 1.29 is 34.0 Å². The molecule has 11 nitrogen and oxygen atoms in total. The number of rotatable bonds is 11. The normalized spacial score (nSPS) is 18.7. The minimum Gasteiger partial charge on any atom is -0.791 e. The number of hydrogen-bond acceptors (Lipinski definition) is 9. The summed E-state index contributed by atoms with van der Waals surface area (Å²) in [6.45, 7) is -0.196. The highest BCUT2D eigenvalue weighted by Crippen LogP contribution is 2.41. The molecule has 3 heterocycles. The number of nitrogens with zero attached hydrogens (tertiary/aromatic N) is 3. The van der Waals surface area contributed by atoms with Gasteiger partial charge in [0.25, 0.3) is 5.91 Å². The predicted octanol–water partition coefficient (Wildman–Crippen LogP) is 2.93. The van der Waals surface area contributed by atoms with Crippen molar-refractivity contribution in [2.75, 3.05) is 17.3 Å². The van der Waals surface area contributed by atoms with E-state index in [9.17, 15) is 29.5 Å². The van der Waals surface area contributed by atoms with Crippen LogP contribution in [0.15, 0.2) is 68.9 Å². The molecule has 210 valence electrons. The zero-order chi connectivity index (χ0) is 29.0. The van der Waals surface area contributed by atoms with Crippen LogP contribution in [0.4, 0.5) is 0 Å². The third-order valence-electron chi connectivity index (χ3n) is 5.78. The van der Waals surface area contributed by atoms with Gasteiger partial charge in [0.05, 0.1) is 10.8 Å². The predicted molar refractivity (Wildman–Crippen MR) is 153 cm³/mol. The number of nitrogens with one attached hydrogen (secondary N) is 1. The van der Waals surface area contributed by atoms with Gasteiger partial charge in [-0.3, -0.25) is 14.5 Å². The van der Waals surface area contributed by atoms with E-state index in [2.05, 4.69) is 10.5 Å². The van der Waals surface area contributed by atoms with Crippen molar-refractivity contribution in [2.45, 2.75) is 27.8 Å². The largest absolute Gasteiger partial charge is 0.791 e. The van der Waals surface area contributed by atoms with Gasteiger partial charge in [0.15, 0.2) is 24.7 Å². The first-order valence-corrected chi connectivity index (χ1v) is 15.2. The summed E-state index contributed by atoms with van der Waals surface area (Å²) in [6.07, 6.45) is 3.17. The average Bonchev–Trinajstić information content (AvgIpc) is 2.93. The first-order chi connectivity index (χ1) is 19.1. The molecule has 4 rings (SSSR count). The standard InChI is InChI=1S/C24H20Cl2N4O7S3/c25-13-1-2-15(26)17(7-13)39-11-18(31)27-19-21(32)30-20(24(35)36)12(10-40-22(19)30)9-38-14-3-5-29(6-4-14)8-16(28-37)23(33)34/h1-7,19,22H,8-11H2,(H3-,27,31,33,34,35,36,37)/t19-,22-/m1/s1. The van der Waals surface area contributed by atoms with Crippen LogP contribution in [0.25, 0.3) is 0 Å². The Bertz CT molecular complexity index is 1420. The molecule has 1 fully saturated rings. The molecule has 16 heteroatoms. The minimum atomic E-state index is -1.40. The average molecular weight is 644 g/mol. The molecule has 0 unspecified atom stereocenters. The van der Waals surface area contributed by atoms with Gasteiger partial charge < -0.3 is 25.9 Å². The van der Waals surface area contributed by atoms with Crippen LogP contribution in [0.1, 0.15) is 0 Å². The molecule has 0 radical (unpaired) electrons. The Hall–Kier alpha value is -2.91. The molecule has 1 aromatic heterocycles. The molecule has 0 bridgehead atoms. The Labute approximate surface area is 250 Å². The molecule has 2 aliphatic rings. The van der Waals surface area contributed by atoms with Gasteiger partial charge in [0.1, 0.15) is 17.1 Å². The number of carboxylic acid groups (broad SMARTS) is 2. The maximum absolute atomic E-state index is 12.9. The smallest absolute Gasteiger partial charge is 0.356 e. The number of amides is 2. The van der Waals surface area contributed by atoms with E-state index in [-0.39, 0.29) is 23.9 Å². The molecule has 3 N–H and O–H groups in total. The van der Waals surface area contributed by atoms with E-state index < -0.39 is 35.0 Å². The molecular weight excluding hydrogens is 623 g/mol. The molecule has 2 atom stereocenters. The number of aliphatic carboxylic acids is 2. The van der Waals surface area contributed by atoms with E-state index in [4.69, 9.17) is 28.3 Å². The number of pyridine rings is 1. The van der Waals surface area contributed by atoms with E-state index in [1.54, 1.807) is 42.7 Å². The van der Waals surface area contributed by atoms with Crippen LogP contribution in [-0.2, 0) is 25.7 Å². The van der Waals surface area contributed by atoms with Gasteiger partial charge in [-0.25, -0.2) is 9.59 Å².